The zero-order valence-corrected chi connectivity index (χ0v) is 24.1. The number of nitrogens with zero attached hydrogens (tertiary/aromatic N) is 2. The van der Waals surface area contributed by atoms with Crippen molar-refractivity contribution in [3.05, 3.63) is 81.5 Å². The van der Waals surface area contributed by atoms with Crippen LogP contribution in [0.5, 0.6) is 11.5 Å². The fourth-order valence-corrected chi connectivity index (χ4v) is 5.51. The fraction of sp³-hybridized carbons (Fsp3) is 0.419. The average molecular weight is 537 g/mol. The molecule has 0 fully saturated rings. The van der Waals surface area contributed by atoms with Crippen molar-refractivity contribution in [2.45, 2.75) is 52.5 Å². The molecule has 2 amide bonds. The van der Waals surface area contributed by atoms with Crippen molar-refractivity contribution >= 4 is 23.2 Å². The number of carbonyl (C=O) groups is 2. The van der Waals surface area contributed by atoms with E-state index in [4.69, 9.17) is 9.47 Å². The van der Waals surface area contributed by atoms with Gasteiger partial charge in [-0.15, -0.1) is 11.3 Å². The van der Waals surface area contributed by atoms with E-state index in [-0.39, 0.29) is 24.3 Å². The van der Waals surface area contributed by atoms with Crippen molar-refractivity contribution in [3.8, 4) is 11.5 Å². The van der Waals surface area contributed by atoms with E-state index in [0.29, 0.717) is 44.0 Å². The Hall–Kier alpha value is -3.32. The molecule has 0 saturated heterocycles. The lowest BCUT2D eigenvalue weighted by atomic mass is 9.95. The summed E-state index contributed by atoms with van der Waals surface area (Å²) in [7, 11) is 3.24. The number of amides is 2. The molecule has 0 aliphatic rings. The van der Waals surface area contributed by atoms with E-state index in [1.165, 1.54) is 5.56 Å². The number of hydrogen-bond acceptors (Lipinski definition) is 5. The zero-order chi connectivity index (χ0) is 27.5. The predicted octanol–water partition coefficient (Wildman–Crippen LogP) is 6.08. The number of thiophene rings is 1. The standard InChI is InChI=1S/C31H40N2O4S/c1-6-17-33(31(35)26(7-2)25-11-9-8-10-12-25)22-30(34)32(21-29-23(3)16-19-38-29)18-15-24-13-14-27(36-4)28(20-24)37-5/h8-14,16,19-20,26H,6-7,15,17-18,21-22H2,1-5H3/t26-/m0/s1. The number of benzene rings is 2. The van der Waals surface area contributed by atoms with Gasteiger partial charge in [-0.25, -0.2) is 0 Å². The number of methoxy groups -OCH3 is 2. The van der Waals surface area contributed by atoms with Gasteiger partial charge in [0, 0.05) is 18.0 Å². The molecule has 1 aromatic heterocycles. The second-order valence-electron chi connectivity index (χ2n) is 9.41. The van der Waals surface area contributed by atoms with Crippen LogP contribution >= 0.6 is 11.3 Å². The first-order valence-corrected chi connectivity index (χ1v) is 14.1. The Kier molecular flexibility index (Phi) is 11.2. The molecule has 2 aromatic carbocycles. The minimum absolute atomic E-state index is 0.0149. The van der Waals surface area contributed by atoms with Crippen LogP contribution in [-0.2, 0) is 22.6 Å². The third-order valence-electron chi connectivity index (χ3n) is 6.81. The van der Waals surface area contributed by atoms with E-state index in [0.717, 1.165) is 22.4 Å². The van der Waals surface area contributed by atoms with Crippen LogP contribution < -0.4 is 9.47 Å². The Bertz CT molecular complexity index is 1180. The third-order valence-corrected chi connectivity index (χ3v) is 7.82. The molecule has 3 aromatic rings. The summed E-state index contributed by atoms with van der Waals surface area (Å²) >= 11 is 1.66. The van der Waals surface area contributed by atoms with Crippen LogP contribution in [0.3, 0.4) is 0 Å². The molecular weight excluding hydrogens is 496 g/mol. The molecule has 38 heavy (non-hydrogen) atoms. The highest BCUT2D eigenvalue weighted by Crippen LogP contribution is 2.28. The largest absolute Gasteiger partial charge is 0.493 e. The first kappa shape index (κ1) is 29.2. The summed E-state index contributed by atoms with van der Waals surface area (Å²) in [5.74, 6) is 1.07. The van der Waals surface area contributed by atoms with Crippen LogP contribution in [0.4, 0.5) is 0 Å². The van der Waals surface area contributed by atoms with Gasteiger partial charge in [-0.3, -0.25) is 9.59 Å². The normalized spacial score (nSPS) is 11.6. The van der Waals surface area contributed by atoms with Gasteiger partial charge in [0.1, 0.15) is 0 Å². The molecule has 0 aliphatic carbocycles. The fourth-order valence-electron chi connectivity index (χ4n) is 4.59. The van der Waals surface area contributed by atoms with Gasteiger partial charge in [-0.2, -0.15) is 0 Å². The van der Waals surface area contributed by atoms with Crippen molar-refractivity contribution in [3.63, 3.8) is 0 Å². The predicted molar refractivity (Wildman–Crippen MR) is 154 cm³/mol. The number of ether oxygens (including phenoxy) is 2. The molecule has 7 heteroatoms. The minimum atomic E-state index is -0.254. The van der Waals surface area contributed by atoms with Gasteiger partial charge >= 0.3 is 0 Å². The first-order chi connectivity index (χ1) is 18.4. The van der Waals surface area contributed by atoms with E-state index in [9.17, 15) is 9.59 Å². The van der Waals surface area contributed by atoms with Gasteiger partial charge in [0.15, 0.2) is 11.5 Å². The van der Waals surface area contributed by atoms with Crippen LogP contribution in [0.2, 0.25) is 0 Å². The van der Waals surface area contributed by atoms with Crippen LogP contribution in [-0.4, -0.2) is 55.5 Å². The molecule has 0 radical (unpaired) electrons. The SMILES string of the molecule is CCCN(CC(=O)N(CCc1ccc(OC)c(OC)c1)Cc1sccc1C)C(=O)[C@@H](CC)c1ccccc1. The molecule has 0 saturated carbocycles. The van der Waals surface area contributed by atoms with Crippen LogP contribution in [0.25, 0.3) is 0 Å². The smallest absolute Gasteiger partial charge is 0.242 e. The Morgan fingerprint density at radius 2 is 1.66 bits per heavy atom. The van der Waals surface area contributed by atoms with Gasteiger partial charge in [-0.1, -0.05) is 50.2 Å². The van der Waals surface area contributed by atoms with Crippen molar-refractivity contribution in [2.75, 3.05) is 33.9 Å². The highest BCUT2D eigenvalue weighted by molar-refractivity contribution is 7.10. The zero-order valence-electron chi connectivity index (χ0n) is 23.2. The Morgan fingerprint density at radius 1 is 0.921 bits per heavy atom. The van der Waals surface area contributed by atoms with Crippen LogP contribution in [0.1, 0.15) is 54.2 Å². The summed E-state index contributed by atoms with van der Waals surface area (Å²) in [5, 5.41) is 2.06. The lowest BCUT2D eigenvalue weighted by molar-refractivity contribution is -0.141. The van der Waals surface area contributed by atoms with Gasteiger partial charge < -0.3 is 19.3 Å². The number of aryl methyl sites for hydroxylation is 1. The van der Waals surface area contributed by atoms with Crippen LogP contribution in [0.15, 0.2) is 60.0 Å². The monoisotopic (exact) mass is 536 g/mol. The van der Waals surface area contributed by atoms with Crippen molar-refractivity contribution in [2.24, 2.45) is 0 Å². The second kappa shape index (κ2) is 14.6. The summed E-state index contributed by atoms with van der Waals surface area (Å²) in [6, 6.07) is 17.8. The number of carbonyl (C=O) groups excluding carboxylic acids is 2. The molecule has 3 rings (SSSR count). The third kappa shape index (κ3) is 7.60. The Morgan fingerprint density at radius 3 is 2.26 bits per heavy atom. The van der Waals surface area contributed by atoms with Crippen molar-refractivity contribution in [1.82, 2.24) is 9.80 Å². The van der Waals surface area contributed by atoms with E-state index in [1.807, 2.05) is 67.3 Å². The molecule has 0 aliphatic heterocycles. The van der Waals surface area contributed by atoms with Crippen molar-refractivity contribution in [1.29, 1.82) is 0 Å². The van der Waals surface area contributed by atoms with Crippen molar-refractivity contribution < 1.29 is 19.1 Å². The molecular formula is C31H40N2O4S. The summed E-state index contributed by atoms with van der Waals surface area (Å²) in [6.45, 7) is 7.83. The van der Waals surface area contributed by atoms with E-state index in [1.54, 1.807) is 30.5 Å². The summed E-state index contributed by atoms with van der Waals surface area (Å²) in [4.78, 5) is 32.2. The maximum absolute atomic E-state index is 13.8. The molecule has 204 valence electrons. The van der Waals surface area contributed by atoms with E-state index >= 15 is 0 Å². The van der Waals surface area contributed by atoms with Gasteiger partial charge in [0.25, 0.3) is 0 Å². The summed E-state index contributed by atoms with van der Waals surface area (Å²) in [5.41, 5.74) is 3.23. The quantitative estimate of drug-likeness (QED) is 0.251. The molecule has 0 unspecified atom stereocenters. The highest BCUT2D eigenvalue weighted by Gasteiger charge is 2.27. The molecule has 0 bridgehead atoms. The molecule has 0 spiro atoms. The summed E-state index contributed by atoms with van der Waals surface area (Å²) in [6.07, 6.45) is 2.15. The van der Waals surface area contributed by atoms with E-state index in [2.05, 4.69) is 18.4 Å². The molecule has 1 heterocycles. The molecule has 6 nitrogen and oxygen atoms in total. The lowest BCUT2D eigenvalue weighted by Crippen LogP contribution is -2.45. The lowest BCUT2D eigenvalue weighted by Gasteiger charge is -2.30. The van der Waals surface area contributed by atoms with Gasteiger partial charge in [0.2, 0.25) is 11.8 Å². The molecule has 0 N–H and O–H groups in total. The first-order valence-electron chi connectivity index (χ1n) is 13.3. The van der Waals surface area contributed by atoms with Gasteiger partial charge in [-0.05, 0) is 66.5 Å². The topological polar surface area (TPSA) is 59.1 Å². The van der Waals surface area contributed by atoms with Crippen LogP contribution in [0, 0.1) is 6.92 Å². The maximum Gasteiger partial charge on any atom is 0.242 e. The van der Waals surface area contributed by atoms with Gasteiger partial charge in [0.05, 0.1) is 33.2 Å². The summed E-state index contributed by atoms with van der Waals surface area (Å²) < 4.78 is 10.8. The average Bonchev–Trinajstić information content (AvgIpc) is 3.35. The number of rotatable bonds is 14. The van der Waals surface area contributed by atoms with E-state index < -0.39 is 0 Å². The maximum atomic E-state index is 13.8. The highest BCUT2D eigenvalue weighted by atomic mass is 32.1. The second-order valence-corrected chi connectivity index (χ2v) is 10.4. The number of hydrogen-bond donors (Lipinski definition) is 0. The minimum Gasteiger partial charge on any atom is -0.493 e. The molecule has 1 atom stereocenters. The Balaban J connectivity index is 1.79. The Labute approximate surface area is 231 Å².